The number of Topliss-reactive ketones (excluding diaryl/α,β-unsaturated/α-hetero) is 1. The van der Waals surface area contributed by atoms with Gasteiger partial charge in [-0.15, -0.1) is 0 Å². The van der Waals surface area contributed by atoms with Gasteiger partial charge < -0.3 is 0 Å². The van der Waals surface area contributed by atoms with Crippen LogP contribution >= 0.6 is 12.2 Å². The first-order chi connectivity index (χ1) is 4.84. The molecule has 0 amide bonds. The molecule has 0 spiro atoms. The summed E-state index contributed by atoms with van der Waals surface area (Å²) in [4.78, 5) is 10.9. The predicted molar refractivity (Wildman–Crippen MR) is 44.4 cm³/mol. The molecule has 0 aliphatic carbocycles. The Balaban J connectivity index is 2.95. The second-order valence-corrected chi connectivity index (χ2v) is 2.08. The number of rotatable bonds is 2. The minimum atomic E-state index is -0.101. The van der Waals surface area contributed by atoms with E-state index in [1.807, 2.05) is 18.2 Å². The van der Waals surface area contributed by atoms with E-state index in [-0.39, 0.29) is 5.78 Å². The molecule has 0 saturated heterocycles. The molecule has 0 radical (unpaired) electrons. The molecule has 1 nitrogen and oxygen atoms in total. The number of carbonyl (C=O) groups excluding carboxylic acids is 1. The van der Waals surface area contributed by atoms with Crippen LogP contribution in [0.4, 0.5) is 0 Å². The summed E-state index contributed by atoms with van der Waals surface area (Å²) in [5.41, 5.74) is 0.650. The van der Waals surface area contributed by atoms with Gasteiger partial charge in [0.05, 0.1) is 0 Å². The SMILES string of the molecule is O=C(C=S)c1ccccc1. The Morgan fingerprint density at radius 1 is 1.30 bits per heavy atom. The minimum absolute atomic E-state index is 0.101. The quantitative estimate of drug-likeness (QED) is 0.473. The third-order valence-electron chi connectivity index (χ3n) is 1.17. The van der Waals surface area contributed by atoms with Gasteiger partial charge in [-0.2, -0.15) is 0 Å². The lowest BCUT2D eigenvalue weighted by Crippen LogP contribution is -1.96. The van der Waals surface area contributed by atoms with Crippen molar-refractivity contribution >= 4 is 23.4 Å². The molecule has 50 valence electrons. The largest absolute Gasteiger partial charge is 0.288 e. The molecule has 0 fully saturated rings. The van der Waals surface area contributed by atoms with Crippen molar-refractivity contribution in [2.75, 3.05) is 0 Å². The Morgan fingerprint density at radius 2 is 1.90 bits per heavy atom. The fraction of sp³-hybridized carbons (Fsp3) is 0. The average Bonchev–Trinajstić information content (AvgIpc) is 2.05. The molecule has 0 aliphatic heterocycles. The van der Waals surface area contributed by atoms with E-state index in [4.69, 9.17) is 0 Å². The van der Waals surface area contributed by atoms with Crippen LogP contribution in [-0.2, 0) is 0 Å². The van der Waals surface area contributed by atoms with E-state index in [0.717, 1.165) is 5.37 Å². The fourth-order valence-electron chi connectivity index (χ4n) is 0.670. The van der Waals surface area contributed by atoms with E-state index < -0.39 is 0 Å². The van der Waals surface area contributed by atoms with E-state index in [1.54, 1.807) is 12.1 Å². The van der Waals surface area contributed by atoms with Crippen molar-refractivity contribution < 1.29 is 4.79 Å². The van der Waals surface area contributed by atoms with Crippen LogP contribution < -0.4 is 0 Å². The second-order valence-electron chi connectivity index (χ2n) is 1.85. The normalized spacial score (nSPS) is 8.80. The number of hydrogen-bond donors (Lipinski definition) is 0. The van der Waals surface area contributed by atoms with Crippen molar-refractivity contribution in [1.29, 1.82) is 0 Å². The van der Waals surface area contributed by atoms with Crippen LogP contribution in [0.25, 0.3) is 0 Å². The van der Waals surface area contributed by atoms with Gasteiger partial charge in [-0.1, -0.05) is 42.5 Å². The van der Waals surface area contributed by atoms with E-state index in [1.165, 1.54) is 0 Å². The van der Waals surface area contributed by atoms with Crippen LogP contribution in [0.2, 0.25) is 0 Å². The number of hydrogen-bond acceptors (Lipinski definition) is 2. The van der Waals surface area contributed by atoms with Crippen molar-refractivity contribution in [3.05, 3.63) is 35.9 Å². The maximum atomic E-state index is 10.9. The number of ketones is 1. The van der Waals surface area contributed by atoms with Crippen molar-refractivity contribution in [3.63, 3.8) is 0 Å². The van der Waals surface area contributed by atoms with Crippen molar-refractivity contribution in [1.82, 2.24) is 0 Å². The van der Waals surface area contributed by atoms with Crippen LogP contribution in [-0.4, -0.2) is 11.2 Å². The molecular weight excluding hydrogens is 144 g/mol. The summed E-state index contributed by atoms with van der Waals surface area (Å²) in [6, 6.07) is 8.97. The van der Waals surface area contributed by atoms with Gasteiger partial charge in [-0.05, 0) is 0 Å². The monoisotopic (exact) mass is 150 g/mol. The lowest BCUT2D eigenvalue weighted by molar-refractivity contribution is 0.107. The van der Waals surface area contributed by atoms with Crippen LogP contribution in [0.3, 0.4) is 0 Å². The van der Waals surface area contributed by atoms with Crippen molar-refractivity contribution in [2.24, 2.45) is 0 Å². The van der Waals surface area contributed by atoms with Crippen LogP contribution in [0.15, 0.2) is 30.3 Å². The summed E-state index contributed by atoms with van der Waals surface area (Å²) in [5, 5.41) is 1.15. The minimum Gasteiger partial charge on any atom is -0.288 e. The molecule has 1 rings (SSSR count). The highest BCUT2D eigenvalue weighted by molar-refractivity contribution is 7.80. The van der Waals surface area contributed by atoms with E-state index in [2.05, 4.69) is 12.2 Å². The topological polar surface area (TPSA) is 17.1 Å². The van der Waals surface area contributed by atoms with E-state index in [0.29, 0.717) is 5.56 Å². The van der Waals surface area contributed by atoms with Crippen LogP contribution in [0.5, 0.6) is 0 Å². The molecule has 10 heavy (non-hydrogen) atoms. The van der Waals surface area contributed by atoms with Crippen molar-refractivity contribution in [3.8, 4) is 0 Å². The second kappa shape index (κ2) is 3.22. The molecule has 0 saturated carbocycles. The zero-order valence-electron chi connectivity index (χ0n) is 5.28. The molecular formula is C8H6OS. The Morgan fingerprint density at radius 3 is 2.40 bits per heavy atom. The van der Waals surface area contributed by atoms with E-state index >= 15 is 0 Å². The van der Waals surface area contributed by atoms with Gasteiger partial charge in [0.2, 0.25) is 0 Å². The predicted octanol–water partition coefficient (Wildman–Crippen LogP) is 1.87. The maximum absolute atomic E-state index is 10.9. The zero-order chi connectivity index (χ0) is 7.40. The van der Waals surface area contributed by atoms with Gasteiger partial charge in [-0.25, -0.2) is 0 Å². The summed E-state index contributed by atoms with van der Waals surface area (Å²) in [7, 11) is 0. The van der Waals surface area contributed by atoms with Crippen LogP contribution in [0, 0.1) is 0 Å². The molecule has 1 aromatic carbocycles. The summed E-state index contributed by atoms with van der Waals surface area (Å²) >= 11 is 4.48. The smallest absolute Gasteiger partial charge is 0.196 e. The van der Waals surface area contributed by atoms with E-state index in [9.17, 15) is 4.79 Å². The molecule has 0 bridgehead atoms. The lowest BCUT2D eigenvalue weighted by atomic mass is 10.2. The highest BCUT2D eigenvalue weighted by atomic mass is 32.1. The molecule has 1 aromatic rings. The Labute approximate surface area is 64.7 Å². The summed E-state index contributed by atoms with van der Waals surface area (Å²) in [6.45, 7) is 0. The molecule has 0 N–H and O–H groups in total. The highest BCUT2D eigenvalue weighted by Crippen LogP contribution is 1.97. The first kappa shape index (κ1) is 7.09. The molecule has 2 heteroatoms. The van der Waals surface area contributed by atoms with Gasteiger partial charge in [0.15, 0.2) is 5.78 Å². The number of carbonyl (C=O) groups is 1. The molecule has 0 aliphatic rings. The summed E-state index contributed by atoms with van der Waals surface area (Å²) in [5.74, 6) is -0.101. The third-order valence-corrected chi connectivity index (χ3v) is 1.38. The highest BCUT2D eigenvalue weighted by Gasteiger charge is 1.96. The first-order valence-electron chi connectivity index (χ1n) is 2.89. The molecule has 0 atom stereocenters. The first-order valence-corrected chi connectivity index (χ1v) is 3.36. The van der Waals surface area contributed by atoms with Gasteiger partial charge >= 0.3 is 0 Å². The Hall–Kier alpha value is -1.02. The summed E-state index contributed by atoms with van der Waals surface area (Å²) in [6.07, 6.45) is 0. The zero-order valence-corrected chi connectivity index (χ0v) is 6.10. The average molecular weight is 150 g/mol. The summed E-state index contributed by atoms with van der Waals surface area (Å²) < 4.78 is 0. The van der Waals surface area contributed by atoms with Crippen LogP contribution in [0.1, 0.15) is 10.4 Å². The van der Waals surface area contributed by atoms with Gasteiger partial charge in [0.25, 0.3) is 0 Å². The maximum Gasteiger partial charge on any atom is 0.196 e. The molecule has 0 unspecified atom stereocenters. The fourth-order valence-corrected chi connectivity index (χ4v) is 0.807. The number of thiocarbonyl (C=S) groups is 1. The molecule has 0 heterocycles. The Kier molecular flexibility index (Phi) is 2.29. The molecule has 0 aromatic heterocycles. The van der Waals surface area contributed by atoms with Gasteiger partial charge in [-0.3, -0.25) is 4.79 Å². The third kappa shape index (κ3) is 1.48. The van der Waals surface area contributed by atoms with Gasteiger partial charge in [0, 0.05) is 10.9 Å². The lowest BCUT2D eigenvalue weighted by Gasteiger charge is -1.89. The van der Waals surface area contributed by atoms with Gasteiger partial charge in [0.1, 0.15) is 0 Å². The van der Waals surface area contributed by atoms with Crippen molar-refractivity contribution in [2.45, 2.75) is 0 Å². The number of benzene rings is 1. The Bertz CT molecular complexity index is 241. The standard InChI is InChI=1S/C8H6OS/c9-8(6-10)7-4-2-1-3-5-7/h1-6H.